The summed E-state index contributed by atoms with van der Waals surface area (Å²) in [7, 11) is -0.993. The number of pyridine rings is 1. The van der Waals surface area contributed by atoms with Gasteiger partial charge in [0.1, 0.15) is 0 Å². The molecule has 68 valence electrons. The molecule has 0 saturated carbocycles. The molecule has 1 unspecified atom stereocenters. The lowest BCUT2D eigenvalue weighted by atomic mass is 10.1. The van der Waals surface area contributed by atoms with Crippen LogP contribution < -0.4 is 0 Å². The van der Waals surface area contributed by atoms with E-state index in [2.05, 4.69) is 4.98 Å². The molecule has 0 amide bonds. The van der Waals surface area contributed by atoms with E-state index in [1.807, 2.05) is 30.3 Å². The second kappa shape index (κ2) is 2.75. The van der Waals surface area contributed by atoms with Crippen molar-refractivity contribution in [2.45, 2.75) is 4.90 Å². The Morgan fingerprint density at radius 2 is 2.14 bits per heavy atom. The quantitative estimate of drug-likeness (QED) is 0.654. The molecule has 1 aliphatic heterocycles. The normalized spacial score (nSPS) is 18.7. The first-order valence-electron chi connectivity index (χ1n) is 4.33. The van der Waals surface area contributed by atoms with Crippen molar-refractivity contribution in [1.29, 1.82) is 0 Å². The van der Waals surface area contributed by atoms with E-state index >= 15 is 0 Å². The average Bonchev–Trinajstić information content (AvgIpc) is 2.61. The summed E-state index contributed by atoms with van der Waals surface area (Å²) in [4.78, 5) is 5.13. The fraction of sp³-hybridized carbons (Fsp3) is 0. The summed E-state index contributed by atoms with van der Waals surface area (Å²) in [6.45, 7) is 0. The van der Waals surface area contributed by atoms with Crippen LogP contribution in [0.15, 0.2) is 40.8 Å². The highest BCUT2D eigenvalue weighted by atomic mass is 32.2. The Balaban J connectivity index is 2.50. The van der Waals surface area contributed by atoms with E-state index in [-0.39, 0.29) is 0 Å². The molecule has 3 rings (SSSR count). The molecule has 0 saturated heterocycles. The van der Waals surface area contributed by atoms with E-state index in [9.17, 15) is 4.21 Å². The van der Waals surface area contributed by atoms with E-state index in [0.29, 0.717) is 0 Å². The zero-order valence-corrected chi connectivity index (χ0v) is 8.12. The van der Waals surface area contributed by atoms with Crippen molar-refractivity contribution in [2.24, 2.45) is 0 Å². The Kier molecular flexibility index (Phi) is 1.55. The van der Waals surface area contributed by atoms with Crippen LogP contribution in [0.2, 0.25) is 0 Å². The molecular formula is C11H7NOS. The molecule has 14 heavy (non-hydrogen) atoms. The maximum absolute atomic E-state index is 11.7. The SMILES string of the molecule is O=S1C=Cc2ccc3ncccc3c21. The molecule has 1 aliphatic rings. The number of hydrogen-bond donors (Lipinski definition) is 0. The molecule has 0 spiro atoms. The standard InChI is InChI=1S/C11H7NOS/c13-14-7-5-8-3-4-10-9(11(8)14)2-1-6-12-10/h1-7H. The zero-order valence-electron chi connectivity index (χ0n) is 7.31. The van der Waals surface area contributed by atoms with Crippen LogP contribution in [-0.4, -0.2) is 9.19 Å². The molecule has 1 atom stereocenters. The van der Waals surface area contributed by atoms with E-state index in [4.69, 9.17) is 0 Å². The van der Waals surface area contributed by atoms with Crippen LogP contribution in [0.1, 0.15) is 5.56 Å². The van der Waals surface area contributed by atoms with Gasteiger partial charge in [-0.25, -0.2) is 4.21 Å². The van der Waals surface area contributed by atoms with Gasteiger partial charge < -0.3 is 0 Å². The number of nitrogens with zero attached hydrogens (tertiary/aromatic N) is 1. The van der Waals surface area contributed by atoms with Gasteiger partial charge in [-0.2, -0.15) is 0 Å². The molecule has 2 heterocycles. The van der Waals surface area contributed by atoms with E-state index in [1.165, 1.54) is 0 Å². The molecule has 0 radical (unpaired) electrons. The van der Waals surface area contributed by atoms with Crippen LogP contribution in [-0.2, 0) is 10.8 Å². The lowest BCUT2D eigenvalue weighted by Crippen LogP contribution is -1.88. The summed E-state index contributed by atoms with van der Waals surface area (Å²) in [6.07, 6.45) is 3.65. The largest absolute Gasteiger partial charge is 0.256 e. The Bertz CT molecular complexity index is 575. The third-order valence-electron chi connectivity index (χ3n) is 2.34. The average molecular weight is 201 g/mol. The van der Waals surface area contributed by atoms with Crippen molar-refractivity contribution in [3.05, 3.63) is 41.4 Å². The summed E-state index contributed by atoms with van der Waals surface area (Å²) in [5, 5.41) is 2.71. The molecule has 2 nitrogen and oxygen atoms in total. The maximum atomic E-state index is 11.7. The molecule has 0 N–H and O–H groups in total. The van der Waals surface area contributed by atoms with Gasteiger partial charge in [0.25, 0.3) is 0 Å². The van der Waals surface area contributed by atoms with Gasteiger partial charge in [0.05, 0.1) is 21.2 Å². The van der Waals surface area contributed by atoms with Gasteiger partial charge in [0.2, 0.25) is 0 Å². The maximum Gasteiger partial charge on any atom is 0.0789 e. The molecule has 2 aromatic rings. The molecule has 1 aromatic carbocycles. The third-order valence-corrected chi connectivity index (χ3v) is 3.58. The van der Waals surface area contributed by atoms with Crippen LogP contribution >= 0.6 is 0 Å². The zero-order chi connectivity index (χ0) is 9.54. The molecule has 1 aromatic heterocycles. The first-order chi connectivity index (χ1) is 6.86. The highest BCUT2D eigenvalue weighted by Gasteiger charge is 2.15. The van der Waals surface area contributed by atoms with Gasteiger partial charge in [-0.05, 0) is 23.8 Å². The van der Waals surface area contributed by atoms with Crippen LogP contribution in [0.25, 0.3) is 17.0 Å². The Morgan fingerprint density at radius 1 is 1.21 bits per heavy atom. The topological polar surface area (TPSA) is 30.0 Å². The Morgan fingerprint density at radius 3 is 3.07 bits per heavy atom. The van der Waals surface area contributed by atoms with E-state index < -0.39 is 10.8 Å². The fourth-order valence-electron chi connectivity index (χ4n) is 1.70. The van der Waals surface area contributed by atoms with Crippen molar-refractivity contribution in [1.82, 2.24) is 4.98 Å². The monoisotopic (exact) mass is 201 g/mol. The number of benzene rings is 1. The predicted octanol–water partition coefficient (Wildman–Crippen LogP) is 2.33. The summed E-state index contributed by atoms with van der Waals surface area (Å²) in [5.74, 6) is 0. The highest BCUT2D eigenvalue weighted by molar-refractivity contribution is 7.88. The number of aromatic nitrogens is 1. The van der Waals surface area contributed by atoms with Crippen LogP contribution in [0, 0.1) is 0 Å². The van der Waals surface area contributed by atoms with Gasteiger partial charge in [0.15, 0.2) is 0 Å². The predicted molar refractivity (Wildman–Crippen MR) is 57.2 cm³/mol. The Labute approximate surface area is 83.7 Å². The lowest BCUT2D eigenvalue weighted by molar-refractivity contribution is 0.689. The third kappa shape index (κ3) is 0.960. The van der Waals surface area contributed by atoms with Crippen LogP contribution in [0.4, 0.5) is 0 Å². The smallest absolute Gasteiger partial charge is 0.0789 e. The van der Waals surface area contributed by atoms with Gasteiger partial charge in [-0.15, -0.1) is 0 Å². The van der Waals surface area contributed by atoms with Crippen molar-refractivity contribution >= 4 is 27.8 Å². The summed E-state index contributed by atoms with van der Waals surface area (Å²) >= 11 is 0. The fourth-order valence-corrected chi connectivity index (χ4v) is 2.87. The second-order valence-corrected chi connectivity index (χ2v) is 4.43. The minimum atomic E-state index is -0.993. The van der Waals surface area contributed by atoms with Crippen LogP contribution in [0.3, 0.4) is 0 Å². The molecular weight excluding hydrogens is 194 g/mol. The minimum absolute atomic E-state index is 0.899. The van der Waals surface area contributed by atoms with Crippen molar-refractivity contribution < 1.29 is 4.21 Å². The van der Waals surface area contributed by atoms with Gasteiger partial charge >= 0.3 is 0 Å². The van der Waals surface area contributed by atoms with E-state index in [1.54, 1.807) is 11.6 Å². The first kappa shape index (κ1) is 7.88. The van der Waals surface area contributed by atoms with E-state index in [0.717, 1.165) is 21.4 Å². The second-order valence-electron chi connectivity index (χ2n) is 3.15. The molecule has 0 fully saturated rings. The molecule has 0 aliphatic carbocycles. The van der Waals surface area contributed by atoms with Crippen molar-refractivity contribution in [3.8, 4) is 0 Å². The van der Waals surface area contributed by atoms with Crippen molar-refractivity contribution in [2.75, 3.05) is 0 Å². The van der Waals surface area contributed by atoms with Crippen LogP contribution in [0.5, 0.6) is 0 Å². The number of fused-ring (bicyclic) bond motifs is 3. The number of hydrogen-bond acceptors (Lipinski definition) is 2. The number of rotatable bonds is 0. The Hall–Kier alpha value is -1.48. The van der Waals surface area contributed by atoms with Gasteiger partial charge in [-0.1, -0.05) is 12.1 Å². The summed E-state index contributed by atoms with van der Waals surface area (Å²) in [5.41, 5.74) is 1.95. The minimum Gasteiger partial charge on any atom is -0.256 e. The highest BCUT2D eigenvalue weighted by Crippen LogP contribution is 2.30. The molecule has 0 bridgehead atoms. The summed E-state index contributed by atoms with van der Waals surface area (Å²) in [6, 6.07) is 7.76. The van der Waals surface area contributed by atoms with Gasteiger partial charge in [0, 0.05) is 17.0 Å². The van der Waals surface area contributed by atoms with Gasteiger partial charge in [-0.3, -0.25) is 4.98 Å². The first-order valence-corrected chi connectivity index (χ1v) is 5.54. The van der Waals surface area contributed by atoms with Crippen molar-refractivity contribution in [3.63, 3.8) is 0 Å². The molecule has 3 heteroatoms. The summed E-state index contributed by atoms with van der Waals surface area (Å²) < 4.78 is 11.7. The lowest BCUT2D eigenvalue weighted by Gasteiger charge is -2.02.